The number of rotatable bonds is 10. The second kappa shape index (κ2) is 23.4. The Morgan fingerprint density at radius 1 is 0.272 bits per heavy atom. The van der Waals surface area contributed by atoms with Crippen molar-refractivity contribution in [2.45, 2.75) is 20.8 Å². The molecule has 4 aromatic heterocycles. The summed E-state index contributed by atoms with van der Waals surface area (Å²) >= 11 is 0. The molecule has 14 rings (SSSR count). The van der Waals surface area contributed by atoms with E-state index in [1.165, 1.54) is 27.6 Å². The molecule has 0 radical (unpaired) electrons. The van der Waals surface area contributed by atoms with Gasteiger partial charge in [-0.25, -0.2) is 4.98 Å². The van der Waals surface area contributed by atoms with Gasteiger partial charge in [0.05, 0.1) is 0 Å². The van der Waals surface area contributed by atoms with Gasteiger partial charge in [-0.15, -0.1) is 30.6 Å². The predicted molar refractivity (Wildman–Crippen MR) is 321 cm³/mol. The van der Waals surface area contributed by atoms with Crippen molar-refractivity contribution in [1.29, 1.82) is 0 Å². The summed E-state index contributed by atoms with van der Waals surface area (Å²) in [5.74, 6) is 3.71. The minimum atomic E-state index is 0.494. The number of hydrogen-bond donors (Lipinski definition) is 0. The van der Waals surface area contributed by atoms with Crippen molar-refractivity contribution in [2.75, 3.05) is 0 Å². The lowest BCUT2D eigenvalue weighted by atomic mass is 10.0. The van der Waals surface area contributed by atoms with E-state index in [4.69, 9.17) is 17.7 Å². The minimum Gasteiger partial charge on any atom is -0.437 e. The van der Waals surface area contributed by atoms with E-state index in [0.717, 1.165) is 72.1 Å². The zero-order chi connectivity index (χ0) is 54.9. The Bertz CT molecular complexity index is 4250. The average Bonchev–Trinajstić information content (AvgIpc) is 4.49. The third-order valence-corrected chi connectivity index (χ3v) is 13.5. The first kappa shape index (κ1) is 50.9. The zero-order valence-electron chi connectivity index (χ0n) is 44.5. The fourth-order valence-electron chi connectivity index (χ4n) is 8.99. The van der Waals surface area contributed by atoms with Gasteiger partial charge >= 0.3 is 0 Å². The highest BCUT2D eigenvalue weighted by atomic mass is 16.4. The van der Waals surface area contributed by atoms with Crippen LogP contribution in [0.3, 0.4) is 0 Å². The summed E-state index contributed by atoms with van der Waals surface area (Å²) < 4.78 is 23.4. The summed E-state index contributed by atoms with van der Waals surface area (Å²) in [5.41, 5.74) is 16.4. The summed E-state index contributed by atoms with van der Waals surface area (Å²) in [6.07, 6.45) is 3.91. The largest absolute Gasteiger partial charge is 0.437 e. The second-order valence-corrected chi connectivity index (χ2v) is 19.4. The van der Waals surface area contributed by atoms with Gasteiger partial charge in [-0.2, -0.15) is 0 Å². The molecule has 0 spiro atoms. The van der Waals surface area contributed by atoms with Crippen LogP contribution >= 0.6 is 0 Å². The number of fused-ring (bicyclic) bond motifs is 3. The van der Waals surface area contributed by atoms with E-state index >= 15 is 0 Å². The number of aromatic nitrogens is 7. The van der Waals surface area contributed by atoms with Gasteiger partial charge in [0, 0.05) is 44.8 Å². The van der Waals surface area contributed by atoms with Gasteiger partial charge in [-0.1, -0.05) is 180 Å². The highest BCUT2D eigenvalue weighted by Gasteiger charge is 2.15. The summed E-state index contributed by atoms with van der Waals surface area (Å²) in [6, 6.07) is 81.0. The average molecular weight is 1050 g/mol. The second-order valence-electron chi connectivity index (χ2n) is 19.4. The van der Waals surface area contributed by atoms with E-state index in [2.05, 4.69) is 97.1 Å². The third-order valence-electron chi connectivity index (χ3n) is 13.5. The summed E-state index contributed by atoms with van der Waals surface area (Å²) in [4.78, 5) is 4.60. The van der Waals surface area contributed by atoms with Crippen LogP contribution in [-0.4, -0.2) is 35.6 Å². The number of oxazole rings is 1. The molecule has 0 saturated heterocycles. The van der Waals surface area contributed by atoms with Gasteiger partial charge in [-0.05, 0) is 139 Å². The van der Waals surface area contributed by atoms with Gasteiger partial charge < -0.3 is 17.7 Å². The van der Waals surface area contributed by atoms with Crippen molar-refractivity contribution in [2.24, 2.45) is 0 Å². The number of nitrogens with zero attached hydrogens (tertiary/aromatic N) is 7. The van der Waals surface area contributed by atoms with Gasteiger partial charge in [0.25, 0.3) is 0 Å². The molecule has 0 atom stereocenters. The first-order valence-electron chi connectivity index (χ1n) is 26.4. The number of hydrogen-bond acceptors (Lipinski definition) is 11. The molecule has 0 aliphatic rings. The lowest BCUT2D eigenvalue weighted by Gasteiger charge is -2.04. The third kappa shape index (κ3) is 12.0. The van der Waals surface area contributed by atoms with Crippen molar-refractivity contribution in [3.05, 3.63) is 271 Å². The summed E-state index contributed by atoms with van der Waals surface area (Å²) in [7, 11) is 0. The van der Waals surface area contributed by atoms with Crippen molar-refractivity contribution < 1.29 is 17.7 Å². The molecule has 0 saturated carbocycles. The molecule has 0 N–H and O–H groups in total. The molecule has 0 unspecified atom stereocenters. The molecule has 11 heteroatoms. The Balaban J connectivity index is 0.000000126. The maximum atomic E-state index is 5.90. The Morgan fingerprint density at radius 3 is 0.988 bits per heavy atom. The predicted octanol–water partition coefficient (Wildman–Crippen LogP) is 17.9. The highest BCUT2D eigenvalue weighted by Crippen LogP contribution is 2.32. The van der Waals surface area contributed by atoms with Crippen molar-refractivity contribution in [1.82, 2.24) is 35.6 Å². The Morgan fingerprint density at radius 2 is 0.593 bits per heavy atom. The smallest absolute Gasteiger partial charge is 0.248 e. The molecule has 11 nitrogen and oxygen atoms in total. The topological polar surface area (TPSA) is 143 Å². The van der Waals surface area contributed by atoms with Crippen LogP contribution in [0.1, 0.15) is 28.1 Å². The van der Waals surface area contributed by atoms with Crippen LogP contribution in [0.15, 0.2) is 260 Å². The van der Waals surface area contributed by atoms with Gasteiger partial charge in [0.1, 0.15) is 5.52 Å². The summed E-state index contributed by atoms with van der Waals surface area (Å²) in [6.45, 7) is 6.15. The number of benzene rings is 10. The van der Waals surface area contributed by atoms with Gasteiger partial charge in [0.2, 0.25) is 41.2 Å². The Labute approximate surface area is 467 Å². The molecule has 81 heavy (non-hydrogen) atoms. The fraction of sp³-hybridized carbons (Fsp3) is 0.0429. The van der Waals surface area contributed by atoms with Crippen LogP contribution in [0.5, 0.6) is 0 Å². The van der Waals surface area contributed by atoms with Crippen LogP contribution in [-0.2, 0) is 0 Å². The van der Waals surface area contributed by atoms with Crippen LogP contribution in [0.2, 0.25) is 0 Å². The van der Waals surface area contributed by atoms with Crippen molar-refractivity contribution in [3.8, 4) is 91.0 Å². The van der Waals surface area contributed by atoms with Gasteiger partial charge in [0.15, 0.2) is 5.58 Å². The lowest BCUT2D eigenvalue weighted by molar-refractivity contribution is 0.584. The standard InChI is InChI=1S/C30H22N4O2.C21H16N2O.C19H13NO/c1-19-3-7-23(8-4-19)27-31-33-29(35-27)25-15-11-21(12-16-25)22-13-17-26(18-14-22)30-34-32-28(36-30)24-9-5-20(2)6-10-24;1-15-7-9-18(10-8-15)20-22-23-21(24-20)19-13-11-17(12-14-19)16-5-3-2-4-6-16;1-2-6-14(7-3-1)10-13-18-20-19-16-9-5-4-8-15(16)11-12-17(19)21-18/h3-18H,1-2H3;2-14H,1H3;1-13H/b;;13-10+. The molecule has 4 heterocycles. The van der Waals surface area contributed by atoms with Crippen LogP contribution in [0.4, 0.5) is 0 Å². The highest BCUT2D eigenvalue weighted by molar-refractivity contribution is 6.03. The first-order valence-corrected chi connectivity index (χ1v) is 26.4. The zero-order valence-corrected chi connectivity index (χ0v) is 44.5. The van der Waals surface area contributed by atoms with Crippen LogP contribution < -0.4 is 0 Å². The SMILES string of the molecule is C(=C\c1nc2c(ccc3ccccc32)o1)/c1ccccc1.Cc1ccc(-c2nnc(-c3ccc(-c4ccc(-c5nnc(-c6ccc(C)cc6)o5)cc4)cc3)o2)cc1.Cc1ccc(-c2nnc(-c3ccc(-c4ccccc4)cc3)o2)cc1. The first-order chi connectivity index (χ1) is 39.8. The maximum Gasteiger partial charge on any atom is 0.248 e. The van der Waals surface area contributed by atoms with E-state index in [9.17, 15) is 0 Å². The van der Waals surface area contributed by atoms with Crippen molar-refractivity contribution >= 4 is 34.0 Å². The normalized spacial score (nSPS) is 11.1. The molecular weight excluding hydrogens is 1000 g/mol. The molecule has 0 amide bonds. The van der Waals surface area contributed by atoms with E-state index in [-0.39, 0.29) is 0 Å². The molecule has 0 aliphatic carbocycles. The van der Waals surface area contributed by atoms with Crippen molar-refractivity contribution in [3.63, 3.8) is 0 Å². The molecule has 14 aromatic rings. The van der Waals surface area contributed by atoms with E-state index in [0.29, 0.717) is 41.2 Å². The Hall–Kier alpha value is -10.9. The number of aryl methyl sites for hydroxylation is 3. The lowest BCUT2D eigenvalue weighted by Crippen LogP contribution is -1.82. The molecule has 0 bridgehead atoms. The monoisotopic (exact) mass is 1050 g/mol. The summed E-state index contributed by atoms with van der Waals surface area (Å²) in [5, 5.41) is 27.5. The maximum absolute atomic E-state index is 5.90. The van der Waals surface area contributed by atoms with E-state index in [1.807, 2.05) is 214 Å². The van der Waals surface area contributed by atoms with E-state index in [1.54, 1.807) is 0 Å². The van der Waals surface area contributed by atoms with E-state index < -0.39 is 0 Å². The van der Waals surface area contributed by atoms with Crippen LogP contribution in [0.25, 0.3) is 125 Å². The molecular formula is C70H51N7O4. The molecule has 390 valence electrons. The minimum absolute atomic E-state index is 0.494. The Kier molecular flexibility index (Phi) is 14.7. The van der Waals surface area contributed by atoms with Gasteiger partial charge in [-0.3, -0.25) is 0 Å². The fourth-order valence-corrected chi connectivity index (χ4v) is 8.99. The quantitative estimate of drug-likeness (QED) is 0.129. The molecule has 10 aromatic carbocycles. The molecule has 0 aliphatic heterocycles. The van der Waals surface area contributed by atoms with Crippen LogP contribution in [0, 0.1) is 20.8 Å². The molecule has 0 fully saturated rings.